The Morgan fingerprint density at radius 2 is 2.31 bits per heavy atom. The summed E-state index contributed by atoms with van der Waals surface area (Å²) in [5.74, 6) is 1.41. The Morgan fingerprint density at radius 1 is 1.46 bits per heavy atom. The third-order valence-electron chi connectivity index (χ3n) is 1.86. The van der Waals surface area contributed by atoms with Crippen LogP contribution in [-0.4, -0.2) is 19.3 Å². The molecule has 0 N–H and O–H groups in total. The minimum Gasteiger partial charge on any atom is -0.454 e. The normalized spacial score (nSPS) is 13.0. The second kappa shape index (κ2) is 3.30. The average Bonchev–Trinajstić information content (AvgIpc) is 2.63. The first-order valence-electron chi connectivity index (χ1n) is 3.78. The molecule has 1 aliphatic heterocycles. The van der Waals surface area contributed by atoms with Gasteiger partial charge in [-0.15, -0.1) is 11.8 Å². The Balaban J connectivity index is 2.59. The van der Waals surface area contributed by atoms with Crippen LogP contribution in [0.4, 0.5) is 0 Å². The first-order chi connectivity index (χ1) is 6.36. The molecule has 68 valence electrons. The lowest BCUT2D eigenvalue weighted by atomic mass is 10.2. The van der Waals surface area contributed by atoms with Gasteiger partial charge in [0.25, 0.3) is 0 Å². The maximum atomic E-state index is 10.7. The molecule has 0 spiro atoms. The van der Waals surface area contributed by atoms with Gasteiger partial charge in [-0.05, 0) is 18.4 Å². The van der Waals surface area contributed by atoms with Crippen molar-refractivity contribution in [3.05, 3.63) is 17.7 Å². The van der Waals surface area contributed by atoms with Crippen LogP contribution in [0.5, 0.6) is 11.5 Å². The van der Waals surface area contributed by atoms with Crippen LogP contribution < -0.4 is 9.47 Å². The van der Waals surface area contributed by atoms with Crippen LogP contribution in [0.1, 0.15) is 10.4 Å². The van der Waals surface area contributed by atoms with E-state index in [0.29, 0.717) is 11.3 Å². The first kappa shape index (κ1) is 8.44. The van der Waals surface area contributed by atoms with Gasteiger partial charge in [0.1, 0.15) is 0 Å². The molecule has 0 radical (unpaired) electrons. The molecule has 0 saturated heterocycles. The van der Waals surface area contributed by atoms with Crippen molar-refractivity contribution in [2.75, 3.05) is 13.0 Å². The van der Waals surface area contributed by atoms with Crippen LogP contribution in [0.2, 0.25) is 0 Å². The van der Waals surface area contributed by atoms with Crippen molar-refractivity contribution in [2.24, 2.45) is 0 Å². The Morgan fingerprint density at radius 3 is 3.00 bits per heavy atom. The molecule has 0 atom stereocenters. The highest BCUT2D eigenvalue weighted by Gasteiger charge is 2.19. The van der Waals surface area contributed by atoms with E-state index < -0.39 is 0 Å². The van der Waals surface area contributed by atoms with Crippen LogP contribution in [-0.2, 0) is 0 Å². The zero-order chi connectivity index (χ0) is 9.26. The van der Waals surface area contributed by atoms with E-state index in [4.69, 9.17) is 9.47 Å². The summed E-state index contributed by atoms with van der Waals surface area (Å²) in [6, 6.07) is 3.50. The Bertz CT molecular complexity index is 349. The Hall–Kier alpha value is -1.16. The van der Waals surface area contributed by atoms with E-state index >= 15 is 0 Å². The molecular formula is C9H8O3S. The van der Waals surface area contributed by atoms with Gasteiger partial charge in [0, 0.05) is 5.56 Å². The van der Waals surface area contributed by atoms with Crippen LogP contribution in [0.3, 0.4) is 0 Å². The van der Waals surface area contributed by atoms with Crippen LogP contribution in [0, 0.1) is 0 Å². The highest BCUT2D eigenvalue weighted by atomic mass is 32.2. The summed E-state index contributed by atoms with van der Waals surface area (Å²) in [5.41, 5.74) is 0.650. The summed E-state index contributed by atoms with van der Waals surface area (Å²) >= 11 is 1.49. The Labute approximate surface area is 80.0 Å². The predicted molar refractivity (Wildman–Crippen MR) is 49.7 cm³/mol. The second-order valence-electron chi connectivity index (χ2n) is 2.54. The second-order valence-corrected chi connectivity index (χ2v) is 3.36. The van der Waals surface area contributed by atoms with Crippen LogP contribution >= 0.6 is 11.8 Å². The van der Waals surface area contributed by atoms with Crippen molar-refractivity contribution < 1.29 is 14.3 Å². The fraction of sp³-hybridized carbons (Fsp3) is 0.222. The third kappa shape index (κ3) is 1.27. The van der Waals surface area contributed by atoms with Gasteiger partial charge in [0.2, 0.25) is 6.79 Å². The lowest BCUT2D eigenvalue weighted by Crippen LogP contribution is -1.93. The lowest BCUT2D eigenvalue weighted by Gasteiger charge is -2.04. The average molecular weight is 196 g/mol. The van der Waals surface area contributed by atoms with E-state index in [1.807, 2.05) is 6.26 Å². The van der Waals surface area contributed by atoms with E-state index in [0.717, 1.165) is 16.9 Å². The van der Waals surface area contributed by atoms with E-state index in [-0.39, 0.29) is 6.79 Å². The van der Waals surface area contributed by atoms with Crippen molar-refractivity contribution >= 4 is 18.0 Å². The van der Waals surface area contributed by atoms with Crippen LogP contribution in [0.15, 0.2) is 17.0 Å². The maximum absolute atomic E-state index is 10.7. The molecule has 1 heterocycles. The van der Waals surface area contributed by atoms with Crippen molar-refractivity contribution in [2.45, 2.75) is 4.90 Å². The van der Waals surface area contributed by atoms with Gasteiger partial charge in [0.15, 0.2) is 17.8 Å². The smallest absolute Gasteiger partial charge is 0.231 e. The van der Waals surface area contributed by atoms with Gasteiger partial charge in [0.05, 0.1) is 4.90 Å². The zero-order valence-electron chi connectivity index (χ0n) is 7.07. The molecule has 1 aromatic carbocycles. The topological polar surface area (TPSA) is 35.5 Å². The number of carbonyl (C=O) groups excluding carboxylic acids is 1. The SMILES string of the molecule is CSc1c(C=O)ccc2c1OCO2. The first-order valence-corrected chi connectivity index (χ1v) is 5.01. The molecule has 0 aliphatic carbocycles. The highest BCUT2D eigenvalue weighted by molar-refractivity contribution is 7.98. The molecule has 0 aromatic heterocycles. The van der Waals surface area contributed by atoms with Gasteiger partial charge in [-0.1, -0.05) is 0 Å². The molecule has 0 fully saturated rings. The van der Waals surface area contributed by atoms with Gasteiger partial charge in [-0.2, -0.15) is 0 Å². The minimum atomic E-state index is 0.241. The molecule has 0 unspecified atom stereocenters. The molecule has 1 aromatic rings. The third-order valence-corrected chi connectivity index (χ3v) is 2.68. The van der Waals surface area contributed by atoms with Gasteiger partial charge in [-0.25, -0.2) is 0 Å². The number of ether oxygens (including phenoxy) is 2. The Kier molecular flexibility index (Phi) is 2.14. The molecule has 0 saturated carbocycles. The van der Waals surface area contributed by atoms with Crippen molar-refractivity contribution in [3.63, 3.8) is 0 Å². The summed E-state index contributed by atoms with van der Waals surface area (Å²) in [6.45, 7) is 0.241. The number of rotatable bonds is 2. The molecule has 13 heavy (non-hydrogen) atoms. The molecule has 1 aliphatic rings. The van der Waals surface area contributed by atoms with E-state index in [1.165, 1.54) is 11.8 Å². The van der Waals surface area contributed by atoms with Crippen molar-refractivity contribution in [1.82, 2.24) is 0 Å². The van der Waals surface area contributed by atoms with Gasteiger partial charge in [-0.3, -0.25) is 4.79 Å². The lowest BCUT2D eigenvalue weighted by molar-refractivity contribution is 0.112. The number of carbonyl (C=O) groups is 1. The van der Waals surface area contributed by atoms with E-state index in [2.05, 4.69) is 0 Å². The molecule has 2 rings (SSSR count). The number of hydrogen-bond acceptors (Lipinski definition) is 4. The summed E-state index contributed by atoms with van der Waals surface area (Å²) in [7, 11) is 0. The van der Waals surface area contributed by atoms with Crippen molar-refractivity contribution in [3.8, 4) is 11.5 Å². The van der Waals surface area contributed by atoms with E-state index in [9.17, 15) is 4.79 Å². The number of benzene rings is 1. The van der Waals surface area contributed by atoms with Gasteiger partial charge < -0.3 is 9.47 Å². The number of aldehydes is 1. The van der Waals surface area contributed by atoms with E-state index in [1.54, 1.807) is 12.1 Å². The van der Waals surface area contributed by atoms with Crippen LogP contribution in [0.25, 0.3) is 0 Å². The monoisotopic (exact) mass is 196 g/mol. The van der Waals surface area contributed by atoms with Crippen molar-refractivity contribution in [1.29, 1.82) is 0 Å². The summed E-state index contributed by atoms with van der Waals surface area (Å²) in [6.07, 6.45) is 2.73. The fourth-order valence-corrected chi connectivity index (χ4v) is 1.96. The zero-order valence-corrected chi connectivity index (χ0v) is 7.89. The molecular weight excluding hydrogens is 188 g/mol. The fourth-order valence-electron chi connectivity index (χ4n) is 1.27. The minimum absolute atomic E-state index is 0.241. The molecule has 0 bridgehead atoms. The predicted octanol–water partition coefficient (Wildman–Crippen LogP) is 1.95. The summed E-state index contributed by atoms with van der Waals surface area (Å²) < 4.78 is 10.4. The molecule has 4 heteroatoms. The van der Waals surface area contributed by atoms with Gasteiger partial charge >= 0.3 is 0 Å². The number of thioether (sulfide) groups is 1. The molecule has 3 nitrogen and oxygen atoms in total. The number of fused-ring (bicyclic) bond motifs is 1. The summed E-state index contributed by atoms with van der Waals surface area (Å²) in [5, 5.41) is 0. The highest BCUT2D eigenvalue weighted by Crippen LogP contribution is 2.41. The number of hydrogen-bond donors (Lipinski definition) is 0. The molecule has 0 amide bonds. The maximum Gasteiger partial charge on any atom is 0.231 e. The largest absolute Gasteiger partial charge is 0.454 e. The quantitative estimate of drug-likeness (QED) is 0.535. The standard InChI is InChI=1S/C9H8O3S/c1-13-9-6(4-10)2-3-7-8(9)12-5-11-7/h2-4H,5H2,1H3. The summed E-state index contributed by atoms with van der Waals surface area (Å²) in [4.78, 5) is 11.5.